The van der Waals surface area contributed by atoms with Crippen LogP contribution >= 0.6 is 12.4 Å². The maximum atomic E-state index is 12.0. The van der Waals surface area contributed by atoms with E-state index in [9.17, 15) is 9.59 Å². The first kappa shape index (κ1) is 17.0. The zero-order valence-corrected chi connectivity index (χ0v) is 13.6. The summed E-state index contributed by atoms with van der Waals surface area (Å²) in [6.45, 7) is 0.260. The number of likely N-dealkylation sites (N-methyl/N-ethyl adjacent to an activating group) is 1. The summed E-state index contributed by atoms with van der Waals surface area (Å²) in [5.41, 5.74) is 3.42. The number of fused-ring (bicyclic) bond motifs is 3. The predicted molar refractivity (Wildman–Crippen MR) is 93.6 cm³/mol. The van der Waals surface area contributed by atoms with E-state index in [1.807, 2.05) is 32.3 Å². The lowest BCUT2D eigenvalue weighted by Gasteiger charge is -2.19. The number of amides is 2. The molecule has 1 aliphatic heterocycles. The average molecular weight is 330 g/mol. The van der Waals surface area contributed by atoms with E-state index in [1.165, 1.54) is 0 Å². The van der Waals surface area contributed by atoms with Crippen LogP contribution in [0.3, 0.4) is 0 Å². The smallest absolute Gasteiger partial charge is 0.278 e. The molecule has 5 nitrogen and oxygen atoms in total. The molecule has 0 aromatic heterocycles. The molecule has 6 heteroatoms. The molecule has 1 aromatic carbocycles. The van der Waals surface area contributed by atoms with Gasteiger partial charge in [0.05, 0.1) is 18.0 Å². The molecule has 1 aliphatic carbocycles. The van der Waals surface area contributed by atoms with Gasteiger partial charge in [-0.3, -0.25) is 9.59 Å². The number of carbonyl (C=O) groups is 2. The van der Waals surface area contributed by atoms with E-state index in [-0.39, 0.29) is 30.8 Å². The zero-order chi connectivity index (χ0) is 15.7. The minimum atomic E-state index is -0.239. The molecule has 0 bridgehead atoms. The molecule has 1 aromatic rings. The molecule has 2 aliphatic rings. The molecule has 0 saturated heterocycles. The average Bonchev–Trinajstić information content (AvgIpc) is 2.47. The SMILES string of the molecule is CN(C)CC(=O)N=C1C=CC2=NC(=O)c3ccccc3C2=C1.Cl. The molecule has 0 spiro atoms. The molecule has 118 valence electrons. The Bertz CT molecular complexity index is 789. The van der Waals surface area contributed by atoms with E-state index < -0.39 is 0 Å². The van der Waals surface area contributed by atoms with Crippen molar-refractivity contribution in [1.82, 2.24) is 4.90 Å². The van der Waals surface area contributed by atoms with Gasteiger partial charge in [-0.2, -0.15) is 0 Å². The first-order chi connectivity index (χ1) is 10.5. The van der Waals surface area contributed by atoms with E-state index in [0.717, 1.165) is 11.1 Å². The normalized spacial score (nSPS) is 17.2. The van der Waals surface area contributed by atoms with Crippen molar-refractivity contribution in [3.8, 4) is 0 Å². The fourth-order valence-corrected chi connectivity index (χ4v) is 2.43. The Morgan fingerprint density at radius 3 is 2.57 bits per heavy atom. The monoisotopic (exact) mass is 329 g/mol. The summed E-state index contributed by atoms with van der Waals surface area (Å²) in [6, 6.07) is 7.32. The van der Waals surface area contributed by atoms with Crippen LogP contribution in [0.15, 0.2) is 52.5 Å². The standard InChI is InChI=1S/C17H15N3O2.ClH/c1-20(2)10-16(21)18-11-7-8-15-14(9-11)12-5-3-4-6-13(12)17(22)19-15;/h3-9H,10H2,1-2H3;1H. The van der Waals surface area contributed by atoms with E-state index in [4.69, 9.17) is 0 Å². The number of benzene rings is 1. The van der Waals surface area contributed by atoms with E-state index in [0.29, 0.717) is 17.0 Å². The number of rotatable bonds is 2. The van der Waals surface area contributed by atoms with Gasteiger partial charge in [-0.05, 0) is 44.0 Å². The molecule has 0 saturated carbocycles. The zero-order valence-electron chi connectivity index (χ0n) is 12.8. The van der Waals surface area contributed by atoms with Crippen molar-refractivity contribution in [3.63, 3.8) is 0 Å². The third-order valence-electron chi connectivity index (χ3n) is 3.36. The van der Waals surface area contributed by atoms with Crippen molar-refractivity contribution >= 4 is 41.2 Å². The quantitative estimate of drug-likeness (QED) is 0.781. The largest absolute Gasteiger partial charge is 0.301 e. The summed E-state index contributed by atoms with van der Waals surface area (Å²) in [5.74, 6) is -0.446. The molecule has 3 rings (SSSR count). The topological polar surface area (TPSA) is 62.1 Å². The molecule has 1 heterocycles. The predicted octanol–water partition coefficient (Wildman–Crippen LogP) is 2.19. The highest BCUT2D eigenvalue weighted by atomic mass is 35.5. The van der Waals surface area contributed by atoms with Crippen molar-refractivity contribution < 1.29 is 9.59 Å². The Kier molecular flexibility index (Phi) is 5.03. The summed E-state index contributed by atoms with van der Waals surface area (Å²) in [5, 5.41) is 0. The summed E-state index contributed by atoms with van der Waals surface area (Å²) in [4.78, 5) is 33.7. The molecule has 0 N–H and O–H groups in total. The van der Waals surface area contributed by atoms with Gasteiger partial charge in [-0.1, -0.05) is 18.2 Å². The van der Waals surface area contributed by atoms with Crippen LogP contribution in [0.4, 0.5) is 0 Å². The lowest BCUT2D eigenvalue weighted by molar-refractivity contribution is -0.118. The highest BCUT2D eigenvalue weighted by Crippen LogP contribution is 2.28. The van der Waals surface area contributed by atoms with Gasteiger partial charge in [0, 0.05) is 11.1 Å². The number of halogens is 1. The number of hydrogen-bond acceptors (Lipinski definition) is 3. The second kappa shape index (κ2) is 6.81. The Balaban J connectivity index is 0.00000192. The first-order valence-corrected chi connectivity index (χ1v) is 6.93. The number of hydrogen-bond donors (Lipinski definition) is 0. The Morgan fingerprint density at radius 1 is 1.17 bits per heavy atom. The van der Waals surface area contributed by atoms with Gasteiger partial charge in [0.1, 0.15) is 0 Å². The van der Waals surface area contributed by atoms with Gasteiger partial charge in [0.15, 0.2) is 0 Å². The molecule has 0 radical (unpaired) electrons. The van der Waals surface area contributed by atoms with Crippen LogP contribution in [-0.4, -0.2) is 48.8 Å². The van der Waals surface area contributed by atoms with Crippen molar-refractivity contribution in [2.45, 2.75) is 0 Å². The molecule has 2 amide bonds. The maximum Gasteiger partial charge on any atom is 0.278 e. The van der Waals surface area contributed by atoms with Crippen LogP contribution in [0.2, 0.25) is 0 Å². The summed E-state index contributed by atoms with van der Waals surface area (Å²) in [7, 11) is 3.64. The Labute approximate surface area is 140 Å². The van der Waals surface area contributed by atoms with Crippen LogP contribution in [-0.2, 0) is 4.79 Å². The van der Waals surface area contributed by atoms with E-state index in [1.54, 1.807) is 29.2 Å². The summed E-state index contributed by atoms with van der Waals surface area (Å²) >= 11 is 0. The first-order valence-electron chi connectivity index (χ1n) is 6.93. The third-order valence-corrected chi connectivity index (χ3v) is 3.36. The maximum absolute atomic E-state index is 12.0. The van der Waals surface area contributed by atoms with Crippen LogP contribution in [0.5, 0.6) is 0 Å². The van der Waals surface area contributed by atoms with Crippen LogP contribution in [0, 0.1) is 0 Å². The third kappa shape index (κ3) is 3.52. The highest BCUT2D eigenvalue weighted by molar-refractivity contribution is 6.41. The van der Waals surface area contributed by atoms with Crippen LogP contribution < -0.4 is 0 Å². The number of carbonyl (C=O) groups excluding carboxylic acids is 2. The number of nitrogens with zero attached hydrogens (tertiary/aromatic N) is 3. The van der Waals surface area contributed by atoms with E-state index in [2.05, 4.69) is 9.98 Å². The van der Waals surface area contributed by atoms with Gasteiger partial charge in [-0.15, -0.1) is 12.4 Å². The van der Waals surface area contributed by atoms with Gasteiger partial charge in [-0.25, -0.2) is 9.98 Å². The molecular formula is C17H16ClN3O2. The molecule has 23 heavy (non-hydrogen) atoms. The van der Waals surface area contributed by atoms with Crippen molar-refractivity contribution in [2.24, 2.45) is 9.98 Å². The lowest BCUT2D eigenvalue weighted by Crippen LogP contribution is -2.22. The fourth-order valence-electron chi connectivity index (χ4n) is 2.43. The highest BCUT2D eigenvalue weighted by Gasteiger charge is 2.24. The fraction of sp³-hybridized carbons (Fsp3) is 0.176. The second-order valence-corrected chi connectivity index (χ2v) is 5.41. The molecule has 0 unspecified atom stereocenters. The van der Waals surface area contributed by atoms with Gasteiger partial charge < -0.3 is 4.90 Å². The van der Waals surface area contributed by atoms with Crippen molar-refractivity contribution in [3.05, 3.63) is 53.6 Å². The summed E-state index contributed by atoms with van der Waals surface area (Å²) < 4.78 is 0. The lowest BCUT2D eigenvalue weighted by atomic mass is 9.89. The number of allylic oxidation sites excluding steroid dienone is 4. The van der Waals surface area contributed by atoms with Gasteiger partial charge in [0.2, 0.25) is 0 Å². The van der Waals surface area contributed by atoms with Crippen LogP contribution in [0.25, 0.3) is 5.57 Å². The van der Waals surface area contributed by atoms with Gasteiger partial charge >= 0.3 is 0 Å². The molecule has 0 fully saturated rings. The second-order valence-electron chi connectivity index (χ2n) is 5.41. The molecular weight excluding hydrogens is 314 g/mol. The Hall–Kier alpha value is -2.37. The van der Waals surface area contributed by atoms with Crippen molar-refractivity contribution in [2.75, 3.05) is 20.6 Å². The molecule has 0 atom stereocenters. The minimum absolute atomic E-state index is 0. The minimum Gasteiger partial charge on any atom is -0.301 e. The van der Waals surface area contributed by atoms with Crippen LogP contribution in [0.1, 0.15) is 15.9 Å². The van der Waals surface area contributed by atoms with Crippen molar-refractivity contribution in [1.29, 1.82) is 0 Å². The summed E-state index contributed by atoms with van der Waals surface area (Å²) in [6.07, 6.45) is 5.24. The van der Waals surface area contributed by atoms with Gasteiger partial charge in [0.25, 0.3) is 11.8 Å². The van der Waals surface area contributed by atoms with E-state index >= 15 is 0 Å². The Morgan fingerprint density at radius 2 is 1.87 bits per heavy atom. The number of aliphatic imine (C=N–C) groups is 2.